The summed E-state index contributed by atoms with van der Waals surface area (Å²) >= 11 is 0. The molecule has 0 aliphatic carbocycles. The van der Waals surface area contributed by atoms with Crippen LogP contribution in [0.1, 0.15) is 11.7 Å². The Bertz CT molecular complexity index is 573. The molecule has 0 radical (unpaired) electrons. The summed E-state index contributed by atoms with van der Waals surface area (Å²) in [4.78, 5) is 11.7. The average Bonchev–Trinajstić information content (AvgIpc) is 2.50. The minimum Gasteiger partial charge on any atom is -0.387 e. The van der Waals surface area contributed by atoms with Crippen LogP contribution in [-0.4, -0.2) is 24.1 Å². The first-order valence-electron chi connectivity index (χ1n) is 6.64. The van der Waals surface area contributed by atoms with Gasteiger partial charge in [-0.25, -0.2) is 4.39 Å². The number of nitrogens with one attached hydrogen (secondary N) is 2. The lowest BCUT2D eigenvalue weighted by atomic mass is 10.1. The van der Waals surface area contributed by atoms with Crippen LogP contribution in [0.5, 0.6) is 0 Å². The normalized spacial score (nSPS) is 11.9. The molecule has 0 aliphatic heterocycles. The smallest absolute Gasteiger partial charge is 0.238 e. The number of benzene rings is 2. The molecular formula is C16H17FN2O2. The maximum Gasteiger partial charge on any atom is 0.238 e. The van der Waals surface area contributed by atoms with E-state index in [0.717, 1.165) is 5.56 Å². The van der Waals surface area contributed by atoms with Gasteiger partial charge in [0.05, 0.1) is 12.6 Å². The predicted molar refractivity (Wildman–Crippen MR) is 79.3 cm³/mol. The third kappa shape index (κ3) is 4.98. The van der Waals surface area contributed by atoms with Crippen LogP contribution in [0.4, 0.5) is 10.1 Å². The van der Waals surface area contributed by atoms with Crippen molar-refractivity contribution in [3.05, 3.63) is 66.0 Å². The summed E-state index contributed by atoms with van der Waals surface area (Å²) in [5, 5.41) is 15.4. The zero-order chi connectivity index (χ0) is 15.1. The molecular weight excluding hydrogens is 271 g/mol. The van der Waals surface area contributed by atoms with E-state index in [9.17, 15) is 14.3 Å². The fraction of sp³-hybridized carbons (Fsp3) is 0.188. The molecule has 3 N–H and O–H groups in total. The standard InChI is InChI=1S/C16H17FN2O2/c17-13-6-8-14(9-7-13)19-16(21)11-18-10-15(20)12-4-2-1-3-5-12/h1-9,15,18,20H,10-11H2,(H,19,21). The summed E-state index contributed by atoms with van der Waals surface area (Å²) in [6.45, 7) is 0.349. The molecule has 0 saturated heterocycles. The molecule has 0 saturated carbocycles. The van der Waals surface area contributed by atoms with E-state index in [1.807, 2.05) is 30.3 Å². The maximum atomic E-state index is 12.7. The number of anilines is 1. The Labute approximate surface area is 122 Å². The first kappa shape index (κ1) is 15.2. The highest BCUT2D eigenvalue weighted by Gasteiger charge is 2.08. The van der Waals surface area contributed by atoms with Crippen molar-refractivity contribution in [1.82, 2.24) is 5.32 Å². The minimum atomic E-state index is -0.662. The SMILES string of the molecule is O=C(CNCC(O)c1ccccc1)Nc1ccc(F)cc1. The van der Waals surface area contributed by atoms with Crippen LogP contribution in [0.15, 0.2) is 54.6 Å². The van der Waals surface area contributed by atoms with Gasteiger partial charge in [-0.3, -0.25) is 4.79 Å². The Morgan fingerprint density at radius 1 is 1.10 bits per heavy atom. The van der Waals surface area contributed by atoms with Gasteiger partial charge in [-0.15, -0.1) is 0 Å². The predicted octanol–water partition coefficient (Wildman–Crippen LogP) is 2.09. The fourth-order valence-corrected chi connectivity index (χ4v) is 1.85. The Balaban J connectivity index is 1.73. The van der Waals surface area contributed by atoms with E-state index in [0.29, 0.717) is 5.69 Å². The van der Waals surface area contributed by atoms with Crippen molar-refractivity contribution in [2.75, 3.05) is 18.4 Å². The molecule has 2 aromatic carbocycles. The molecule has 0 aromatic heterocycles. The molecule has 0 bridgehead atoms. The number of aliphatic hydroxyl groups is 1. The number of amides is 1. The third-order valence-electron chi connectivity index (χ3n) is 2.94. The molecule has 4 nitrogen and oxygen atoms in total. The van der Waals surface area contributed by atoms with Gasteiger partial charge in [-0.05, 0) is 29.8 Å². The van der Waals surface area contributed by atoms with E-state index in [4.69, 9.17) is 0 Å². The Morgan fingerprint density at radius 3 is 2.43 bits per heavy atom. The minimum absolute atomic E-state index is 0.0707. The molecule has 2 aromatic rings. The first-order valence-corrected chi connectivity index (χ1v) is 6.64. The van der Waals surface area contributed by atoms with Crippen LogP contribution >= 0.6 is 0 Å². The van der Waals surface area contributed by atoms with E-state index in [2.05, 4.69) is 10.6 Å². The lowest BCUT2D eigenvalue weighted by Gasteiger charge is -2.12. The van der Waals surface area contributed by atoms with Gasteiger partial charge < -0.3 is 15.7 Å². The van der Waals surface area contributed by atoms with E-state index < -0.39 is 6.10 Å². The number of rotatable bonds is 6. The van der Waals surface area contributed by atoms with E-state index in [-0.39, 0.29) is 24.8 Å². The molecule has 2 rings (SSSR count). The van der Waals surface area contributed by atoms with Gasteiger partial charge in [-0.2, -0.15) is 0 Å². The molecule has 1 atom stereocenters. The summed E-state index contributed by atoms with van der Waals surface area (Å²) < 4.78 is 12.7. The van der Waals surface area contributed by atoms with Crippen molar-refractivity contribution < 1.29 is 14.3 Å². The molecule has 0 heterocycles. The largest absolute Gasteiger partial charge is 0.387 e. The van der Waals surface area contributed by atoms with Crippen LogP contribution in [0, 0.1) is 5.82 Å². The molecule has 5 heteroatoms. The summed E-state index contributed by atoms with van der Waals surface area (Å²) in [5.74, 6) is -0.598. The number of hydrogen-bond acceptors (Lipinski definition) is 3. The Kier molecular flexibility index (Phi) is 5.43. The van der Waals surface area contributed by atoms with Crippen molar-refractivity contribution in [3.8, 4) is 0 Å². The van der Waals surface area contributed by atoms with Crippen LogP contribution in [0.25, 0.3) is 0 Å². The maximum absolute atomic E-state index is 12.7. The van der Waals surface area contributed by atoms with Gasteiger partial charge in [0.2, 0.25) is 5.91 Å². The van der Waals surface area contributed by atoms with Gasteiger partial charge >= 0.3 is 0 Å². The van der Waals surface area contributed by atoms with Crippen molar-refractivity contribution in [1.29, 1.82) is 0 Å². The second-order valence-corrected chi connectivity index (χ2v) is 4.61. The zero-order valence-electron chi connectivity index (χ0n) is 11.4. The van der Waals surface area contributed by atoms with Crippen molar-refractivity contribution >= 4 is 11.6 Å². The van der Waals surface area contributed by atoms with Crippen LogP contribution in [0.2, 0.25) is 0 Å². The van der Waals surface area contributed by atoms with Crippen molar-refractivity contribution in [3.63, 3.8) is 0 Å². The quantitative estimate of drug-likeness (QED) is 0.762. The molecule has 1 unspecified atom stereocenters. The highest BCUT2D eigenvalue weighted by Crippen LogP contribution is 2.10. The Morgan fingerprint density at radius 2 is 1.76 bits per heavy atom. The van der Waals surface area contributed by atoms with E-state index in [1.165, 1.54) is 24.3 Å². The molecule has 0 aliphatic rings. The van der Waals surface area contributed by atoms with E-state index in [1.54, 1.807) is 0 Å². The summed E-state index contributed by atoms with van der Waals surface area (Å²) in [5.41, 5.74) is 1.33. The fourth-order valence-electron chi connectivity index (χ4n) is 1.85. The molecule has 0 spiro atoms. The highest BCUT2D eigenvalue weighted by molar-refractivity contribution is 5.92. The van der Waals surface area contributed by atoms with Crippen LogP contribution in [0.3, 0.4) is 0 Å². The average molecular weight is 288 g/mol. The lowest BCUT2D eigenvalue weighted by molar-refractivity contribution is -0.115. The van der Waals surface area contributed by atoms with Crippen LogP contribution < -0.4 is 10.6 Å². The summed E-state index contributed by atoms with van der Waals surface area (Å²) in [6.07, 6.45) is -0.662. The van der Waals surface area contributed by atoms with Gasteiger partial charge in [-0.1, -0.05) is 30.3 Å². The molecule has 0 fully saturated rings. The van der Waals surface area contributed by atoms with Gasteiger partial charge in [0, 0.05) is 12.2 Å². The molecule has 1 amide bonds. The lowest BCUT2D eigenvalue weighted by Crippen LogP contribution is -2.31. The summed E-state index contributed by atoms with van der Waals surface area (Å²) in [7, 11) is 0. The van der Waals surface area contributed by atoms with Crippen molar-refractivity contribution in [2.24, 2.45) is 0 Å². The number of halogens is 1. The second-order valence-electron chi connectivity index (χ2n) is 4.61. The van der Waals surface area contributed by atoms with Gasteiger partial charge in [0.25, 0.3) is 0 Å². The van der Waals surface area contributed by atoms with Crippen LogP contribution in [-0.2, 0) is 4.79 Å². The van der Waals surface area contributed by atoms with Crippen molar-refractivity contribution in [2.45, 2.75) is 6.10 Å². The summed E-state index contributed by atoms with van der Waals surface area (Å²) in [6, 6.07) is 14.8. The molecule has 110 valence electrons. The van der Waals surface area contributed by atoms with Gasteiger partial charge in [0.1, 0.15) is 5.82 Å². The number of hydrogen-bond donors (Lipinski definition) is 3. The topological polar surface area (TPSA) is 61.4 Å². The zero-order valence-corrected chi connectivity index (χ0v) is 11.4. The number of carbonyl (C=O) groups is 1. The first-order chi connectivity index (χ1) is 10.1. The molecule has 21 heavy (non-hydrogen) atoms. The monoisotopic (exact) mass is 288 g/mol. The van der Waals surface area contributed by atoms with Gasteiger partial charge in [0.15, 0.2) is 0 Å². The second kappa shape index (κ2) is 7.52. The highest BCUT2D eigenvalue weighted by atomic mass is 19.1. The number of carbonyl (C=O) groups excluding carboxylic acids is 1. The third-order valence-corrected chi connectivity index (χ3v) is 2.94. The number of aliphatic hydroxyl groups excluding tert-OH is 1. The Hall–Kier alpha value is -2.24. The van der Waals surface area contributed by atoms with E-state index >= 15 is 0 Å².